The van der Waals surface area contributed by atoms with Gasteiger partial charge in [0.15, 0.2) is 0 Å². The van der Waals surface area contributed by atoms with Gasteiger partial charge in [-0.05, 0) is 30.7 Å². The van der Waals surface area contributed by atoms with Crippen molar-refractivity contribution in [3.63, 3.8) is 0 Å². The summed E-state index contributed by atoms with van der Waals surface area (Å²) in [5.74, 6) is 0.661. The van der Waals surface area contributed by atoms with Gasteiger partial charge in [0.1, 0.15) is 6.26 Å². The number of hydrogen-bond donors (Lipinski definition) is 1. The molecule has 0 aliphatic rings. The first-order valence-electron chi connectivity index (χ1n) is 6.11. The second-order valence-electron chi connectivity index (χ2n) is 4.27. The fourth-order valence-electron chi connectivity index (χ4n) is 1.77. The first kappa shape index (κ1) is 14.2. The van der Waals surface area contributed by atoms with Crippen molar-refractivity contribution in [2.45, 2.75) is 13.5 Å². The number of rotatable bonds is 6. The zero-order valence-corrected chi connectivity index (χ0v) is 12.7. The summed E-state index contributed by atoms with van der Waals surface area (Å²) in [6, 6.07) is 6.05. The van der Waals surface area contributed by atoms with Crippen LogP contribution in [0.4, 0.5) is 0 Å². The number of nitrogens with zero attached hydrogens (tertiary/aromatic N) is 1. The molecule has 0 amide bonds. The monoisotopic (exact) mass is 324 g/mol. The van der Waals surface area contributed by atoms with Gasteiger partial charge in [0.05, 0.1) is 12.3 Å². The largest absolute Gasteiger partial charge is 0.444 e. The number of aryl methyl sites for hydroxylation is 1. The average molecular weight is 325 g/mol. The van der Waals surface area contributed by atoms with E-state index >= 15 is 0 Å². The maximum absolute atomic E-state index is 5.53. The zero-order valence-electron chi connectivity index (χ0n) is 11.1. The van der Waals surface area contributed by atoms with Gasteiger partial charge < -0.3 is 14.5 Å². The van der Waals surface area contributed by atoms with Crippen LogP contribution in [-0.2, 0) is 11.3 Å². The zero-order chi connectivity index (χ0) is 13.7. The van der Waals surface area contributed by atoms with Crippen molar-refractivity contribution in [1.29, 1.82) is 0 Å². The molecule has 1 heterocycles. The Morgan fingerprint density at radius 1 is 1.42 bits per heavy atom. The van der Waals surface area contributed by atoms with Gasteiger partial charge in [-0.3, -0.25) is 0 Å². The Labute approximate surface area is 121 Å². The van der Waals surface area contributed by atoms with Crippen LogP contribution in [0.15, 0.2) is 33.4 Å². The quantitative estimate of drug-likeness (QED) is 0.829. The highest BCUT2D eigenvalue weighted by atomic mass is 79.9. The summed E-state index contributed by atoms with van der Waals surface area (Å²) in [6.07, 6.45) is 1.69. The van der Waals surface area contributed by atoms with Crippen LogP contribution >= 0.6 is 15.9 Å². The lowest BCUT2D eigenvalue weighted by Gasteiger charge is -2.02. The van der Waals surface area contributed by atoms with Crippen LogP contribution in [0.5, 0.6) is 0 Å². The normalized spacial score (nSPS) is 10.9. The Hall–Kier alpha value is -1.17. The molecule has 0 spiro atoms. The number of aromatic nitrogens is 1. The predicted octanol–water partition coefficient (Wildman–Crippen LogP) is 3.15. The molecule has 0 saturated carbocycles. The smallest absolute Gasteiger partial charge is 0.226 e. The molecule has 1 aromatic heterocycles. The molecule has 19 heavy (non-hydrogen) atoms. The van der Waals surface area contributed by atoms with Gasteiger partial charge in [0, 0.05) is 30.2 Å². The summed E-state index contributed by atoms with van der Waals surface area (Å²) in [7, 11) is 1.69. The van der Waals surface area contributed by atoms with Gasteiger partial charge in [-0.1, -0.05) is 15.9 Å². The molecular formula is C14H17BrN2O2. The third-order valence-electron chi connectivity index (χ3n) is 2.76. The van der Waals surface area contributed by atoms with E-state index in [1.807, 2.05) is 19.1 Å². The first-order valence-corrected chi connectivity index (χ1v) is 6.90. The molecule has 102 valence electrons. The molecule has 0 aliphatic heterocycles. The van der Waals surface area contributed by atoms with Gasteiger partial charge in [-0.25, -0.2) is 4.98 Å². The van der Waals surface area contributed by atoms with Crippen molar-refractivity contribution >= 4 is 15.9 Å². The molecule has 2 aromatic rings. The standard InChI is InChI=1S/C14H17BrN2O2/c1-10-7-11(15)3-4-13(10)14-17-12(9-19-14)8-16-5-6-18-2/h3-4,7,9,16H,5-6,8H2,1-2H3. The van der Waals surface area contributed by atoms with Crippen molar-refractivity contribution in [3.8, 4) is 11.5 Å². The number of benzene rings is 1. The molecule has 0 bridgehead atoms. The van der Waals surface area contributed by atoms with Gasteiger partial charge in [-0.15, -0.1) is 0 Å². The summed E-state index contributed by atoms with van der Waals surface area (Å²) in [5.41, 5.74) is 3.05. The van der Waals surface area contributed by atoms with E-state index in [2.05, 4.69) is 32.3 Å². The van der Waals surface area contributed by atoms with E-state index in [0.717, 1.165) is 27.8 Å². The molecule has 0 radical (unpaired) electrons. The highest BCUT2D eigenvalue weighted by Gasteiger charge is 2.09. The van der Waals surface area contributed by atoms with E-state index in [-0.39, 0.29) is 0 Å². The van der Waals surface area contributed by atoms with Gasteiger partial charge in [-0.2, -0.15) is 0 Å². The van der Waals surface area contributed by atoms with Crippen LogP contribution in [0.25, 0.3) is 11.5 Å². The summed E-state index contributed by atoms with van der Waals surface area (Å²) in [6.45, 7) is 4.22. The van der Waals surface area contributed by atoms with E-state index in [0.29, 0.717) is 19.0 Å². The SMILES string of the molecule is COCCNCc1coc(-c2ccc(Br)cc2C)n1. The molecule has 0 aliphatic carbocycles. The molecule has 1 N–H and O–H groups in total. The number of hydrogen-bond acceptors (Lipinski definition) is 4. The number of nitrogens with one attached hydrogen (secondary N) is 1. The predicted molar refractivity (Wildman–Crippen MR) is 78.0 cm³/mol. The van der Waals surface area contributed by atoms with E-state index in [1.54, 1.807) is 13.4 Å². The minimum atomic E-state index is 0.661. The highest BCUT2D eigenvalue weighted by molar-refractivity contribution is 9.10. The van der Waals surface area contributed by atoms with Crippen molar-refractivity contribution < 1.29 is 9.15 Å². The van der Waals surface area contributed by atoms with Gasteiger partial charge in [0.25, 0.3) is 0 Å². The molecule has 2 rings (SSSR count). The van der Waals surface area contributed by atoms with Crippen LogP contribution < -0.4 is 5.32 Å². The second-order valence-corrected chi connectivity index (χ2v) is 5.19. The summed E-state index contributed by atoms with van der Waals surface area (Å²) in [4.78, 5) is 4.48. The molecule has 4 nitrogen and oxygen atoms in total. The fraction of sp³-hybridized carbons (Fsp3) is 0.357. The molecule has 5 heteroatoms. The first-order chi connectivity index (χ1) is 9.20. The van der Waals surface area contributed by atoms with E-state index in [1.165, 1.54) is 0 Å². The van der Waals surface area contributed by atoms with Crippen molar-refractivity contribution in [2.24, 2.45) is 0 Å². The van der Waals surface area contributed by atoms with Crippen LogP contribution in [0, 0.1) is 6.92 Å². The van der Waals surface area contributed by atoms with Crippen molar-refractivity contribution in [2.75, 3.05) is 20.3 Å². The van der Waals surface area contributed by atoms with E-state index in [4.69, 9.17) is 9.15 Å². The maximum Gasteiger partial charge on any atom is 0.226 e. The highest BCUT2D eigenvalue weighted by Crippen LogP contribution is 2.25. The molecule has 0 atom stereocenters. The van der Waals surface area contributed by atoms with Crippen LogP contribution in [-0.4, -0.2) is 25.2 Å². The number of oxazole rings is 1. The molecule has 0 fully saturated rings. The minimum absolute atomic E-state index is 0.661. The third kappa shape index (κ3) is 3.89. The minimum Gasteiger partial charge on any atom is -0.444 e. The molecular weight excluding hydrogens is 308 g/mol. The topological polar surface area (TPSA) is 47.3 Å². The summed E-state index contributed by atoms with van der Waals surface area (Å²) < 4.78 is 11.6. The summed E-state index contributed by atoms with van der Waals surface area (Å²) in [5, 5.41) is 3.24. The Bertz CT molecular complexity index is 540. The molecule has 0 unspecified atom stereocenters. The molecule has 0 saturated heterocycles. The van der Waals surface area contributed by atoms with Crippen molar-refractivity contribution in [1.82, 2.24) is 10.3 Å². The van der Waals surface area contributed by atoms with Gasteiger partial charge in [0.2, 0.25) is 5.89 Å². The number of ether oxygens (including phenoxy) is 1. The summed E-state index contributed by atoms with van der Waals surface area (Å²) >= 11 is 3.45. The fourth-order valence-corrected chi connectivity index (χ4v) is 2.25. The average Bonchev–Trinajstić information content (AvgIpc) is 2.83. The Morgan fingerprint density at radius 3 is 3.00 bits per heavy atom. The lowest BCUT2D eigenvalue weighted by atomic mass is 10.1. The van der Waals surface area contributed by atoms with E-state index in [9.17, 15) is 0 Å². The lowest BCUT2D eigenvalue weighted by Crippen LogP contribution is -2.18. The Balaban J connectivity index is 2.04. The van der Waals surface area contributed by atoms with Gasteiger partial charge >= 0.3 is 0 Å². The molecule has 1 aromatic carbocycles. The Kier molecular flexibility index (Phi) is 5.13. The van der Waals surface area contributed by atoms with Crippen LogP contribution in [0.2, 0.25) is 0 Å². The van der Waals surface area contributed by atoms with Crippen LogP contribution in [0.3, 0.4) is 0 Å². The Morgan fingerprint density at radius 2 is 2.26 bits per heavy atom. The van der Waals surface area contributed by atoms with E-state index < -0.39 is 0 Å². The third-order valence-corrected chi connectivity index (χ3v) is 3.25. The number of methoxy groups -OCH3 is 1. The van der Waals surface area contributed by atoms with Crippen LogP contribution in [0.1, 0.15) is 11.3 Å². The lowest BCUT2D eigenvalue weighted by molar-refractivity contribution is 0.199. The maximum atomic E-state index is 5.53. The van der Waals surface area contributed by atoms with Crippen molar-refractivity contribution in [3.05, 3.63) is 40.2 Å². The number of halogens is 1. The second kappa shape index (κ2) is 6.84.